The van der Waals surface area contributed by atoms with E-state index >= 15 is 0 Å². The van der Waals surface area contributed by atoms with E-state index in [-0.39, 0.29) is 12.2 Å². The number of pyridine rings is 1. The molecule has 110 valence electrons. The van der Waals surface area contributed by atoms with Gasteiger partial charge in [0.1, 0.15) is 17.2 Å². The molecule has 0 aliphatic carbocycles. The van der Waals surface area contributed by atoms with Crippen molar-refractivity contribution >= 4 is 5.91 Å². The summed E-state index contributed by atoms with van der Waals surface area (Å²) in [7, 11) is 0. The molecule has 0 radical (unpaired) electrons. The minimum absolute atomic E-state index is 0.0278. The molecule has 2 rings (SSSR count). The molecule has 0 aliphatic rings. The van der Waals surface area contributed by atoms with Crippen LogP contribution >= 0.6 is 0 Å². The molecule has 1 aromatic carbocycles. The van der Waals surface area contributed by atoms with Crippen LogP contribution in [0.15, 0.2) is 42.6 Å². The van der Waals surface area contributed by atoms with Gasteiger partial charge < -0.3 is 10.5 Å². The number of rotatable bonds is 4. The summed E-state index contributed by atoms with van der Waals surface area (Å²) in [4.78, 5) is 14.0. The first-order chi connectivity index (χ1) is 9.84. The van der Waals surface area contributed by atoms with Crippen LogP contribution in [0.1, 0.15) is 11.3 Å². The number of hydrogen-bond donors (Lipinski definition) is 1. The van der Waals surface area contributed by atoms with Crippen LogP contribution in [0.4, 0.5) is 13.2 Å². The van der Waals surface area contributed by atoms with Crippen molar-refractivity contribution in [2.24, 2.45) is 5.73 Å². The van der Waals surface area contributed by atoms with Crippen LogP contribution in [-0.2, 0) is 17.4 Å². The van der Waals surface area contributed by atoms with Gasteiger partial charge in [0.2, 0.25) is 5.91 Å². The number of amides is 1. The van der Waals surface area contributed by atoms with E-state index < -0.39 is 17.8 Å². The zero-order chi connectivity index (χ0) is 15.5. The second kappa shape index (κ2) is 5.82. The van der Waals surface area contributed by atoms with Crippen molar-refractivity contribution in [2.45, 2.75) is 12.6 Å². The lowest BCUT2D eigenvalue weighted by Gasteiger charge is -2.09. The molecule has 1 aromatic heterocycles. The Morgan fingerprint density at radius 1 is 1.14 bits per heavy atom. The molecule has 1 amide bonds. The van der Waals surface area contributed by atoms with Crippen molar-refractivity contribution in [1.29, 1.82) is 0 Å². The first kappa shape index (κ1) is 14.8. The quantitative estimate of drug-likeness (QED) is 0.943. The van der Waals surface area contributed by atoms with Gasteiger partial charge in [-0.1, -0.05) is 12.1 Å². The minimum atomic E-state index is -4.52. The van der Waals surface area contributed by atoms with Gasteiger partial charge in [-0.05, 0) is 23.8 Å². The SMILES string of the molecule is NC(=O)Cc1ccc(Oc2ccnc(C(F)(F)F)c2)cc1. The summed E-state index contributed by atoms with van der Waals surface area (Å²) in [6, 6.07) is 8.47. The topological polar surface area (TPSA) is 65.2 Å². The number of primary amides is 1. The lowest BCUT2D eigenvalue weighted by Crippen LogP contribution is -2.13. The summed E-state index contributed by atoms with van der Waals surface area (Å²) in [5.41, 5.74) is 4.73. The highest BCUT2D eigenvalue weighted by molar-refractivity contribution is 5.76. The van der Waals surface area contributed by atoms with Gasteiger partial charge in [-0.25, -0.2) is 0 Å². The maximum Gasteiger partial charge on any atom is 0.433 e. The fourth-order valence-electron chi connectivity index (χ4n) is 1.64. The van der Waals surface area contributed by atoms with E-state index in [9.17, 15) is 18.0 Å². The molecular formula is C14H11F3N2O2. The predicted octanol–water partition coefficient (Wildman–Crippen LogP) is 2.92. The lowest BCUT2D eigenvalue weighted by molar-refractivity contribution is -0.141. The number of carbonyl (C=O) groups excluding carboxylic acids is 1. The van der Waals surface area contributed by atoms with Gasteiger partial charge in [0, 0.05) is 12.3 Å². The zero-order valence-corrected chi connectivity index (χ0v) is 10.7. The second-order valence-electron chi connectivity index (χ2n) is 4.26. The molecule has 0 atom stereocenters. The molecule has 0 saturated heterocycles. The van der Waals surface area contributed by atoms with Crippen molar-refractivity contribution in [1.82, 2.24) is 4.98 Å². The fourth-order valence-corrected chi connectivity index (χ4v) is 1.64. The van der Waals surface area contributed by atoms with E-state index in [0.717, 1.165) is 12.3 Å². The van der Waals surface area contributed by atoms with E-state index in [1.807, 2.05) is 0 Å². The Morgan fingerprint density at radius 3 is 2.38 bits per heavy atom. The van der Waals surface area contributed by atoms with E-state index in [4.69, 9.17) is 10.5 Å². The van der Waals surface area contributed by atoms with Crippen molar-refractivity contribution in [3.8, 4) is 11.5 Å². The van der Waals surface area contributed by atoms with Crippen LogP contribution in [0.25, 0.3) is 0 Å². The molecule has 0 aliphatic heterocycles. The van der Waals surface area contributed by atoms with Crippen LogP contribution in [-0.4, -0.2) is 10.9 Å². The summed E-state index contributed by atoms with van der Waals surface area (Å²) in [5.74, 6) is -0.0878. The highest BCUT2D eigenvalue weighted by atomic mass is 19.4. The lowest BCUT2D eigenvalue weighted by atomic mass is 10.1. The molecule has 0 spiro atoms. The number of ether oxygens (including phenoxy) is 1. The van der Waals surface area contributed by atoms with E-state index in [1.54, 1.807) is 24.3 Å². The zero-order valence-electron chi connectivity index (χ0n) is 10.7. The van der Waals surface area contributed by atoms with Crippen LogP contribution in [0.3, 0.4) is 0 Å². The van der Waals surface area contributed by atoms with Gasteiger partial charge >= 0.3 is 6.18 Å². The molecule has 2 aromatic rings. The molecule has 4 nitrogen and oxygen atoms in total. The highest BCUT2D eigenvalue weighted by Crippen LogP contribution is 2.31. The van der Waals surface area contributed by atoms with Gasteiger partial charge in [-0.15, -0.1) is 0 Å². The molecular weight excluding hydrogens is 285 g/mol. The van der Waals surface area contributed by atoms with E-state index in [2.05, 4.69) is 4.98 Å². The van der Waals surface area contributed by atoms with E-state index in [0.29, 0.717) is 11.3 Å². The monoisotopic (exact) mass is 296 g/mol. The number of hydrogen-bond acceptors (Lipinski definition) is 3. The Hall–Kier alpha value is -2.57. The van der Waals surface area contributed by atoms with Gasteiger partial charge in [0.05, 0.1) is 6.42 Å². The molecule has 0 unspecified atom stereocenters. The molecule has 0 fully saturated rings. The van der Waals surface area contributed by atoms with Gasteiger partial charge in [-0.2, -0.15) is 13.2 Å². The Morgan fingerprint density at radius 2 is 1.81 bits per heavy atom. The third kappa shape index (κ3) is 4.20. The summed E-state index contributed by atoms with van der Waals surface area (Å²) in [6.07, 6.45) is -3.40. The molecule has 1 heterocycles. The average Bonchev–Trinajstić information content (AvgIpc) is 2.40. The van der Waals surface area contributed by atoms with Crippen LogP contribution < -0.4 is 10.5 Å². The fraction of sp³-hybridized carbons (Fsp3) is 0.143. The molecule has 2 N–H and O–H groups in total. The number of nitrogens with two attached hydrogens (primary N) is 1. The molecule has 21 heavy (non-hydrogen) atoms. The third-order valence-electron chi connectivity index (χ3n) is 2.56. The Balaban J connectivity index is 2.13. The maximum absolute atomic E-state index is 12.5. The Kier molecular flexibility index (Phi) is 4.11. The third-order valence-corrected chi connectivity index (χ3v) is 2.56. The second-order valence-corrected chi connectivity index (χ2v) is 4.26. The first-order valence-corrected chi connectivity index (χ1v) is 5.93. The van der Waals surface area contributed by atoms with Gasteiger partial charge in [0.15, 0.2) is 0 Å². The van der Waals surface area contributed by atoms with Gasteiger partial charge in [-0.3, -0.25) is 9.78 Å². The molecule has 7 heteroatoms. The number of alkyl halides is 3. The number of nitrogens with zero attached hydrogens (tertiary/aromatic N) is 1. The van der Waals surface area contributed by atoms with Gasteiger partial charge in [0.25, 0.3) is 0 Å². The summed E-state index contributed by atoms with van der Waals surface area (Å²) < 4.78 is 42.9. The number of aromatic nitrogens is 1. The summed E-state index contributed by atoms with van der Waals surface area (Å²) in [5, 5.41) is 0. The van der Waals surface area contributed by atoms with E-state index in [1.165, 1.54) is 6.07 Å². The van der Waals surface area contributed by atoms with Crippen LogP contribution in [0.5, 0.6) is 11.5 Å². The highest BCUT2D eigenvalue weighted by Gasteiger charge is 2.32. The van der Waals surface area contributed by atoms with Crippen LogP contribution in [0.2, 0.25) is 0 Å². The average molecular weight is 296 g/mol. The smallest absolute Gasteiger partial charge is 0.433 e. The van der Waals surface area contributed by atoms with Crippen molar-refractivity contribution in [2.75, 3.05) is 0 Å². The largest absolute Gasteiger partial charge is 0.457 e. The Labute approximate surface area is 118 Å². The van der Waals surface area contributed by atoms with Crippen LogP contribution in [0, 0.1) is 0 Å². The maximum atomic E-state index is 12.5. The predicted molar refractivity (Wildman–Crippen MR) is 68.7 cm³/mol. The number of carbonyl (C=O) groups is 1. The molecule has 0 bridgehead atoms. The number of halogens is 3. The standard InChI is InChI=1S/C14H11F3N2O2/c15-14(16,17)12-8-11(5-6-19-12)21-10-3-1-9(2-4-10)7-13(18)20/h1-6,8H,7H2,(H2,18,20). The number of benzene rings is 1. The normalized spacial score (nSPS) is 11.2. The molecule has 0 saturated carbocycles. The Bertz CT molecular complexity index is 639. The first-order valence-electron chi connectivity index (χ1n) is 5.93. The summed E-state index contributed by atoms with van der Waals surface area (Å²) >= 11 is 0. The minimum Gasteiger partial charge on any atom is -0.457 e. The summed E-state index contributed by atoms with van der Waals surface area (Å²) in [6.45, 7) is 0. The van der Waals surface area contributed by atoms with Crippen molar-refractivity contribution < 1.29 is 22.7 Å². The van der Waals surface area contributed by atoms with Crippen molar-refractivity contribution in [3.05, 3.63) is 53.9 Å². The van der Waals surface area contributed by atoms with Crippen molar-refractivity contribution in [3.63, 3.8) is 0 Å².